The van der Waals surface area contributed by atoms with Gasteiger partial charge in [-0.25, -0.2) is 0 Å². The summed E-state index contributed by atoms with van der Waals surface area (Å²) >= 11 is 0. The van der Waals surface area contributed by atoms with E-state index in [-0.39, 0.29) is 0 Å². The van der Waals surface area contributed by atoms with Crippen LogP contribution in [0.2, 0.25) is 0 Å². The summed E-state index contributed by atoms with van der Waals surface area (Å²) in [7, 11) is 2.03. The van der Waals surface area contributed by atoms with Gasteiger partial charge in [0.15, 0.2) is 0 Å². The predicted molar refractivity (Wildman–Crippen MR) is 69.9 cm³/mol. The van der Waals surface area contributed by atoms with Crippen LogP contribution in [0.15, 0.2) is 24.3 Å². The fraction of sp³-hybridized carbons (Fsp3) is 0.500. The molecule has 17 heavy (non-hydrogen) atoms. The highest BCUT2D eigenvalue weighted by atomic mass is 15.3. The highest BCUT2D eigenvalue weighted by Gasteiger charge is 2.34. The second kappa shape index (κ2) is 4.15. The smallest absolute Gasteiger partial charge is 0.0875 e. The molecule has 1 aliphatic carbocycles. The van der Waals surface area contributed by atoms with Crippen molar-refractivity contribution < 1.29 is 0 Å². The summed E-state index contributed by atoms with van der Waals surface area (Å²) < 4.78 is 2.00. The fourth-order valence-corrected chi connectivity index (χ4v) is 2.61. The van der Waals surface area contributed by atoms with E-state index in [0.29, 0.717) is 6.04 Å². The molecule has 0 aliphatic heterocycles. The number of fused-ring (bicyclic) bond motifs is 1. The minimum atomic E-state index is 0.436. The maximum absolute atomic E-state index is 4.72. The zero-order valence-electron chi connectivity index (χ0n) is 10.5. The number of aromatic nitrogens is 2. The van der Waals surface area contributed by atoms with Crippen molar-refractivity contribution in [1.29, 1.82) is 0 Å². The second-order valence-electron chi connectivity index (χ2n) is 4.90. The van der Waals surface area contributed by atoms with E-state index in [1.165, 1.54) is 29.4 Å². The average molecular weight is 229 g/mol. The molecule has 1 heterocycles. The van der Waals surface area contributed by atoms with Gasteiger partial charge in [-0.15, -0.1) is 0 Å². The third-order valence-corrected chi connectivity index (χ3v) is 3.60. The number of hydrogen-bond donors (Lipinski definition) is 1. The van der Waals surface area contributed by atoms with E-state index in [4.69, 9.17) is 5.10 Å². The molecule has 3 heteroatoms. The van der Waals surface area contributed by atoms with Crippen molar-refractivity contribution in [2.75, 3.05) is 6.54 Å². The van der Waals surface area contributed by atoms with E-state index in [9.17, 15) is 0 Å². The van der Waals surface area contributed by atoms with Crippen LogP contribution in [0.4, 0.5) is 0 Å². The van der Waals surface area contributed by atoms with E-state index < -0.39 is 0 Å². The normalized spacial score (nSPS) is 17.5. The lowest BCUT2D eigenvalue weighted by Gasteiger charge is -2.15. The first-order valence-corrected chi connectivity index (χ1v) is 6.46. The molecule has 0 bridgehead atoms. The predicted octanol–water partition coefficient (Wildman–Crippen LogP) is 2.63. The molecular formula is C14H19N3. The van der Waals surface area contributed by atoms with Crippen molar-refractivity contribution >= 4 is 10.9 Å². The summed E-state index contributed by atoms with van der Waals surface area (Å²) in [4.78, 5) is 0. The standard InChI is InChI=1S/C14H19N3/c1-3-15-13(10-8-9-10)14-11-6-4-5-7-12(11)17(2)16-14/h4-7,10,13,15H,3,8-9H2,1-2H3. The van der Waals surface area contributed by atoms with Gasteiger partial charge in [0.25, 0.3) is 0 Å². The molecule has 3 nitrogen and oxygen atoms in total. The van der Waals surface area contributed by atoms with Crippen LogP contribution in [0.25, 0.3) is 10.9 Å². The van der Waals surface area contributed by atoms with Gasteiger partial charge < -0.3 is 5.32 Å². The van der Waals surface area contributed by atoms with Crippen molar-refractivity contribution in [2.45, 2.75) is 25.8 Å². The number of benzene rings is 1. The van der Waals surface area contributed by atoms with Crippen LogP contribution in [-0.2, 0) is 7.05 Å². The zero-order valence-corrected chi connectivity index (χ0v) is 10.5. The summed E-state index contributed by atoms with van der Waals surface area (Å²) in [5, 5.41) is 9.61. The number of para-hydroxylation sites is 1. The van der Waals surface area contributed by atoms with E-state index >= 15 is 0 Å². The fourth-order valence-electron chi connectivity index (χ4n) is 2.61. The molecule has 1 unspecified atom stereocenters. The first-order valence-electron chi connectivity index (χ1n) is 6.46. The molecule has 0 saturated heterocycles. The van der Waals surface area contributed by atoms with E-state index in [2.05, 4.69) is 36.5 Å². The van der Waals surface area contributed by atoms with E-state index in [0.717, 1.165) is 12.5 Å². The Bertz CT molecular complexity index is 525. The number of nitrogens with one attached hydrogen (secondary N) is 1. The van der Waals surface area contributed by atoms with Crippen LogP contribution in [0.3, 0.4) is 0 Å². The molecule has 1 aliphatic rings. The van der Waals surface area contributed by atoms with E-state index in [1.54, 1.807) is 0 Å². The Hall–Kier alpha value is -1.35. The summed E-state index contributed by atoms with van der Waals surface area (Å²) in [5.41, 5.74) is 2.46. The maximum Gasteiger partial charge on any atom is 0.0875 e. The second-order valence-corrected chi connectivity index (χ2v) is 4.90. The summed E-state index contributed by atoms with van der Waals surface area (Å²) in [6.45, 7) is 3.17. The lowest BCUT2D eigenvalue weighted by Crippen LogP contribution is -2.23. The molecule has 1 aromatic carbocycles. The van der Waals surface area contributed by atoms with Gasteiger partial charge in [-0.3, -0.25) is 4.68 Å². The zero-order chi connectivity index (χ0) is 11.8. The molecule has 1 N–H and O–H groups in total. The van der Waals surface area contributed by atoms with Crippen molar-refractivity contribution in [1.82, 2.24) is 15.1 Å². The Balaban J connectivity index is 2.08. The Labute approximate surface area is 102 Å². The Morgan fingerprint density at radius 1 is 1.41 bits per heavy atom. The molecule has 0 radical (unpaired) electrons. The van der Waals surface area contributed by atoms with Crippen LogP contribution in [0.1, 0.15) is 31.5 Å². The molecule has 1 saturated carbocycles. The van der Waals surface area contributed by atoms with Crippen LogP contribution >= 0.6 is 0 Å². The van der Waals surface area contributed by atoms with Crippen molar-refractivity contribution in [3.63, 3.8) is 0 Å². The minimum absolute atomic E-state index is 0.436. The van der Waals surface area contributed by atoms with E-state index in [1.807, 2.05) is 11.7 Å². The topological polar surface area (TPSA) is 29.9 Å². The van der Waals surface area contributed by atoms with Gasteiger partial charge in [0.1, 0.15) is 0 Å². The minimum Gasteiger partial charge on any atom is -0.309 e. The molecule has 1 fully saturated rings. The Morgan fingerprint density at radius 3 is 2.88 bits per heavy atom. The number of aryl methyl sites for hydroxylation is 1. The molecule has 1 aromatic heterocycles. The van der Waals surface area contributed by atoms with Gasteiger partial charge in [0.05, 0.1) is 17.3 Å². The molecule has 0 amide bonds. The van der Waals surface area contributed by atoms with Crippen LogP contribution < -0.4 is 5.32 Å². The largest absolute Gasteiger partial charge is 0.309 e. The van der Waals surface area contributed by atoms with Crippen LogP contribution in [0, 0.1) is 5.92 Å². The SMILES string of the molecule is CCNC(c1nn(C)c2ccccc12)C1CC1. The molecule has 0 spiro atoms. The first-order chi connectivity index (χ1) is 8.31. The van der Waals surface area contributed by atoms with Crippen molar-refractivity contribution in [2.24, 2.45) is 13.0 Å². The highest BCUT2D eigenvalue weighted by molar-refractivity contribution is 5.82. The molecule has 3 rings (SSSR count). The van der Waals surface area contributed by atoms with Crippen molar-refractivity contribution in [3.8, 4) is 0 Å². The third-order valence-electron chi connectivity index (χ3n) is 3.60. The quantitative estimate of drug-likeness (QED) is 0.873. The molecule has 2 aromatic rings. The summed E-state index contributed by atoms with van der Waals surface area (Å²) in [5.74, 6) is 0.785. The van der Waals surface area contributed by atoms with Crippen LogP contribution in [0.5, 0.6) is 0 Å². The molecule has 1 atom stereocenters. The average Bonchev–Trinajstić information content (AvgIpc) is 3.13. The lowest BCUT2D eigenvalue weighted by molar-refractivity contribution is 0.481. The third kappa shape index (κ3) is 1.84. The van der Waals surface area contributed by atoms with Gasteiger partial charge in [-0.2, -0.15) is 5.10 Å². The summed E-state index contributed by atoms with van der Waals surface area (Å²) in [6.07, 6.45) is 2.67. The monoisotopic (exact) mass is 229 g/mol. The maximum atomic E-state index is 4.72. The van der Waals surface area contributed by atoms with Crippen molar-refractivity contribution in [3.05, 3.63) is 30.0 Å². The number of rotatable bonds is 4. The highest BCUT2D eigenvalue weighted by Crippen LogP contribution is 2.42. The number of hydrogen-bond acceptors (Lipinski definition) is 2. The van der Waals surface area contributed by atoms with Gasteiger partial charge in [0, 0.05) is 12.4 Å². The van der Waals surface area contributed by atoms with Crippen LogP contribution in [-0.4, -0.2) is 16.3 Å². The van der Waals surface area contributed by atoms with Gasteiger partial charge in [0.2, 0.25) is 0 Å². The van der Waals surface area contributed by atoms with Gasteiger partial charge in [-0.1, -0.05) is 25.1 Å². The molecular weight excluding hydrogens is 210 g/mol. The Kier molecular flexibility index (Phi) is 2.63. The summed E-state index contributed by atoms with van der Waals surface area (Å²) in [6, 6.07) is 8.94. The molecule has 90 valence electrons. The lowest BCUT2D eigenvalue weighted by atomic mass is 10.0. The Morgan fingerprint density at radius 2 is 2.18 bits per heavy atom. The number of nitrogens with zero attached hydrogens (tertiary/aromatic N) is 2. The van der Waals surface area contributed by atoms with Gasteiger partial charge >= 0.3 is 0 Å². The van der Waals surface area contributed by atoms with Gasteiger partial charge in [-0.05, 0) is 31.4 Å². The first kappa shape index (κ1) is 10.8.